The molecule has 0 unspecified atom stereocenters. The van der Waals surface area contributed by atoms with Gasteiger partial charge in [0.1, 0.15) is 0 Å². The monoisotopic (exact) mass is 456 g/mol. The van der Waals surface area contributed by atoms with Gasteiger partial charge in [-0.1, -0.05) is 31.2 Å². The van der Waals surface area contributed by atoms with E-state index < -0.39 is 46.1 Å². The van der Waals surface area contributed by atoms with Crippen LogP contribution in [0.25, 0.3) is 10.8 Å². The first-order valence-electron chi connectivity index (χ1n) is 10.3. The third kappa shape index (κ3) is 2.50. The number of carbonyl (C=O) groups excluding carboxylic acids is 2. The van der Waals surface area contributed by atoms with Crippen LogP contribution in [0.1, 0.15) is 13.8 Å². The molecular weight excluding hydrogens is 434 g/mol. The van der Waals surface area contributed by atoms with Crippen molar-refractivity contribution in [2.24, 2.45) is 11.8 Å². The molecule has 3 aliphatic rings. The Morgan fingerprint density at radius 3 is 2.41 bits per heavy atom. The zero-order valence-corrected chi connectivity index (χ0v) is 18.5. The minimum Gasteiger partial charge on any atom is -0.543 e. The smallest absolute Gasteiger partial charge is 0.326 e. The molecule has 1 fully saturated rings. The SMILES string of the molecule is C[C@@H](O)[C@H]1C(=O)N2C(C(=O)[O-])=C(CN3c4cccc5cccc(c45)N(C)S3(=O)=O)[C@H](C)[C@H]12. The summed E-state index contributed by atoms with van der Waals surface area (Å²) >= 11 is 0. The molecule has 4 atom stereocenters. The van der Waals surface area contributed by atoms with Gasteiger partial charge >= 0.3 is 10.2 Å². The summed E-state index contributed by atoms with van der Waals surface area (Å²) in [5.41, 5.74) is 0.977. The number of carbonyl (C=O) groups is 2. The van der Waals surface area contributed by atoms with Crippen LogP contribution in [0.5, 0.6) is 0 Å². The molecule has 1 N–H and O–H groups in total. The molecule has 9 nitrogen and oxygen atoms in total. The van der Waals surface area contributed by atoms with Gasteiger partial charge in [0.15, 0.2) is 0 Å². The predicted molar refractivity (Wildman–Crippen MR) is 116 cm³/mol. The van der Waals surface area contributed by atoms with Crippen LogP contribution in [-0.4, -0.2) is 56.0 Å². The number of carboxylic acids is 1. The van der Waals surface area contributed by atoms with Crippen molar-refractivity contribution in [1.82, 2.24) is 4.90 Å². The molecule has 0 aromatic heterocycles. The van der Waals surface area contributed by atoms with Crippen LogP contribution in [0.4, 0.5) is 11.4 Å². The zero-order valence-electron chi connectivity index (χ0n) is 17.7. The third-order valence-corrected chi connectivity index (χ3v) is 8.69. The van der Waals surface area contributed by atoms with Gasteiger partial charge in [-0.25, -0.2) is 4.31 Å². The van der Waals surface area contributed by atoms with E-state index in [4.69, 9.17) is 0 Å². The second-order valence-electron chi connectivity index (χ2n) is 8.55. The van der Waals surface area contributed by atoms with Crippen molar-refractivity contribution in [2.75, 3.05) is 22.2 Å². The molecule has 0 aliphatic carbocycles. The van der Waals surface area contributed by atoms with E-state index in [0.717, 1.165) is 15.7 Å². The Bertz CT molecular complexity index is 1310. The molecule has 2 aromatic rings. The Morgan fingerprint density at radius 2 is 1.81 bits per heavy atom. The number of rotatable bonds is 4. The molecule has 0 bridgehead atoms. The lowest BCUT2D eigenvalue weighted by molar-refractivity contribution is -0.301. The minimum absolute atomic E-state index is 0.239. The molecule has 0 spiro atoms. The number of amides is 1. The van der Waals surface area contributed by atoms with Crippen molar-refractivity contribution < 1.29 is 28.2 Å². The van der Waals surface area contributed by atoms with E-state index in [9.17, 15) is 28.2 Å². The molecule has 0 radical (unpaired) electrons. The van der Waals surface area contributed by atoms with E-state index in [2.05, 4.69) is 0 Å². The van der Waals surface area contributed by atoms with Gasteiger partial charge in [0.25, 0.3) is 0 Å². The summed E-state index contributed by atoms with van der Waals surface area (Å²) in [6.45, 7) is 3.00. The summed E-state index contributed by atoms with van der Waals surface area (Å²) in [5, 5.41) is 23.6. The second kappa shape index (κ2) is 6.69. The van der Waals surface area contributed by atoms with E-state index in [1.54, 1.807) is 31.2 Å². The maximum Gasteiger partial charge on any atom is 0.326 e. The first kappa shape index (κ1) is 20.8. The average molecular weight is 457 g/mol. The Labute approximate surface area is 185 Å². The van der Waals surface area contributed by atoms with Gasteiger partial charge in [0.2, 0.25) is 5.91 Å². The largest absolute Gasteiger partial charge is 0.543 e. The third-order valence-electron chi connectivity index (χ3n) is 6.92. The molecule has 5 rings (SSSR count). The number of aliphatic carboxylic acids is 1. The van der Waals surface area contributed by atoms with Crippen LogP contribution in [0.3, 0.4) is 0 Å². The molecular formula is C22H22N3O6S-. The standard InChI is InChI=1S/C22H23N3O6S/c1-11-14(20(22(28)29)25-19(11)17(12(2)26)21(25)27)10-24-16-9-5-7-13-6-4-8-15(18(13)16)23(3)32(24,30)31/h4-9,11-12,17,19,26H,10H2,1-3H3,(H,28,29)/p-1/t11-,12+,17+,19+/m0/s1. The molecule has 32 heavy (non-hydrogen) atoms. The van der Waals surface area contributed by atoms with Crippen LogP contribution in [0.15, 0.2) is 47.7 Å². The summed E-state index contributed by atoms with van der Waals surface area (Å²) in [6, 6.07) is 10.2. The van der Waals surface area contributed by atoms with Gasteiger partial charge in [-0.2, -0.15) is 8.42 Å². The van der Waals surface area contributed by atoms with Gasteiger partial charge in [0.05, 0.1) is 47.6 Å². The number of hydrogen-bond donors (Lipinski definition) is 1. The van der Waals surface area contributed by atoms with Crippen LogP contribution in [0, 0.1) is 11.8 Å². The summed E-state index contributed by atoms with van der Waals surface area (Å²) in [5.74, 6) is -3.22. The van der Waals surface area contributed by atoms with E-state index in [1.165, 1.54) is 22.6 Å². The van der Waals surface area contributed by atoms with Gasteiger partial charge in [-0.3, -0.25) is 9.10 Å². The highest BCUT2D eigenvalue weighted by atomic mass is 32.2. The maximum absolute atomic E-state index is 13.4. The number of carboxylic acid groups (broad SMARTS) is 1. The van der Waals surface area contributed by atoms with Gasteiger partial charge in [-0.05, 0) is 30.0 Å². The van der Waals surface area contributed by atoms with E-state index in [0.29, 0.717) is 16.9 Å². The summed E-state index contributed by atoms with van der Waals surface area (Å²) in [7, 11) is -2.56. The van der Waals surface area contributed by atoms with Crippen LogP contribution in [0.2, 0.25) is 0 Å². The Hall–Kier alpha value is -3.11. The number of aliphatic hydroxyl groups excluding tert-OH is 1. The number of nitrogens with zero attached hydrogens (tertiary/aromatic N) is 3. The van der Waals surface area contributed by atoms with Crippen LogP contribution < -0.4 is 13.7 Å². The lowest BCUT2D eigenvalue weighted by atomic mass is 9.78. The Balaban J connectivity index is 1.66. The summed E-state index contributed by atoms with van der Waals surface area (Å²) in [4.78, 5) is 25.7. The van der Waals surface area contributed by atoms with Gasteiger partial charge in [0, 0.05) is 18.4 Å². The number of hydrogen-bond acceptors (Lipinski definition) is 6. The number of fused-ring (bicyclic) bond motifs is 1. The second-order valence-corrected chi connectivity index (χ2v) is 10.4. The van der Waals surface area contributed by atoms with E-state index in [1.807, 2.05) is 12.1 Å². The van der Waals surface area contributed by atoms with Gasteiger partial charge in [-0.15, -0.1) is 0 Å². The van der Waals surface area contributed by atoms with E-state index in [-0.39, 0.29) is 12.2 Å². The normalized spacial score (nSPS) is 26.9. The summed E-state index contributed by atoms with van der Waals surface area (Å²) < 4.78 is 29.3. The topological polar surface area (TPSA) is 121 Å². The number of aliphatic hydroxyl groups is 1. The molecule has 10 heteroatoms. The fourth-order valence-corrected chi connectivity index (χ4v) is 6.73. The van der Waals surface area contributed by atoms with Crippen molar-refractivity contribution in [3.05, 3.63) is 47.7 Å². The lowest BCUT2D eigenvalue weighted by Crippen LogP contribution is -2.64. The fraction of sp³-hybridized carbons (Fsp3) is 0.364. The fourth-order valence-electron chi connectivity index (χ4n) is 5.33. The quantitative estimate of drug-likeness (QED) is 0.656. The van der Waals surface area contributed by atoms with Crippen molar-refractivity contribution in [3.63, 3.8) is 0 Å². The lowest BCUT2D eigenvalue weighted by Gasteiger charge is -2.47. The van der Waals surface area contributed by atoms with Crippen LogP contribution in [-0.2, 0) is 19.8 Å². The summed E-state index contributed by atoms with van der Waals surface area (Å²) in [6.07, 6.45) is -0.945. The van der Waals surface area contributed by atoms with Crippen molar-refractivity contribution >= 4 is 44.2 Å². The first-order valence-corrected chi connectivity index (χ1v) is 11.7. The molecule has 3 heterocycles. The molecule has 3 aliphatic heterocycles. The van der Waals surface area contributed by atoms with Crippen molar-refractivity contribution in [2.45, 2.75) is 26.0 Å². The van der Waals surface area contributed by atoms with Gasteiger partial charge < -0.3 is 19.9 Å². The molecule has 168 valence electrons. The molecule has 1 saturated heterocycles. The molecule has 2 aromatic carbocycles. The zero-order chi connectivity index (χ0) is 23.1. The molecule has 0 saturated carbocycles. The number of anilines is 2. The number of benzene rings is 2. The first-order chi connectivity index (χ1) is 15.1. The highest BCUT2D eigenvalue weighted by Gasteiger charge is 2.59. The Morgan fingerprint density at radius 1 is 1.19 bits per heavy atom. The maximum atomic E-state index is 13.4. The minimum atomic E-state index is -4.01. The van der Waals surface area contributed by atoms with E-state index >= 15 is 0 Å². The molecule has 1 amide bonds. The van der Waals surface area contributed by atoms with Crippen LogP contribution >= 0.6 is 0 Å². The average Bonchev–Trinajstić information content (AvgIpc) is 2.97. The van der Waals surface area contributed by atoms with Crippen molar-refractivity contribution in [1.29, 1.82) is 0 Å². The van der Waals surface area contributed by atoms with Crippen molar-refractivity contribution in [3.8, 4) is 0 Å². The Kier molecular flexibility index (Phi) is 4.35. The number of β-lactam (4-membered cyclic amide) rings is 1. The highest BCUT2D eigenvalue weighted by molar-refractivity contribution is 7.94. The predicted octanol–water partition coefficient (Wildman–Crippen LogP) is 0.202. The highest BCUT2D eigenvalue weighted by Crippen LogP contribution is 2.49.